The van der Waals surface area contributed by atoms with Crippen LogP contribution in [0.2, 0.25) is 0 Å². The maximum absolute atomic E-state index is 14.4. The Morgan fingerprint density at radius 1 is 1.24 bits per heavy atom. The van der Waals surface area contributed by atoms with Crippen molar-refractivity contribution < 1.29 is 28.6 Å². The number of aromatic nitrogens is 3. The molecule has 0 radical (unpaired) electrons. The number of amides is 1. The summed E-state index contributed by atoms with van der Waals surface area (Å²) in [5.41, 5.74) is 1.58. The molecule has 4 heterocycles. The van der Waals surface area contributed by atoms with Crippen LogP contribution in [0.25, 0.3) is 16.9 Å². The number of aliphatic hydroxyl groups is 1. The van der Waals surface area contributed by atoms with E-state index in [-0.39, 0.29) is 36.1 Å². The van der Waals surface area contributed by atoms with Crippen LogP contribution in [0.5, 0.6) is 0 Å². The number of fused-ring (bicyclic) bond motifs is 1. The Morgan fingerprint density at radius 3 is 2.67 bits per heavy atom. The fourth-order valence-corrected chi connectivity index (χ4v) is 5.16. The van der Waals surface area contributed by atoms with Gasteiger partial charge in [0.1, 0.15) is 18.3 Å². The molecule has 2 aliphatic rings. The molecular formula is C30H35FN6O5. The van der Waals surface area contributed by atoms with E-state index in [1.807, 2.05) is 12.1 Å². The van der Waals surface area contributed by atoms with Crippen LogP contribution in [-0.4, -0.2) is 75.3 Å². The van der Waals surface area contributed by atoms with Crippen molar-refractivity contribution in [3.8, 4) is 17.5 Å². The maximum Gasteiger partial charge on any atom is 0.306 e. The van der Waals surface area contributed by atoms with E-state index in [0.717, 1.165) is 31.2 Å². The Hall–Kier alpha value is -4.08. The van der Waals surface area contributed by atoms with E-state index in [1.165, 1.54) is 26.2 Å². The summed E-state index contributed by atoms with van der Waals surface area (Å²) in [6.07, 6.45) is 4.76. The number of hydrogen-bond donors (Lipinski definition) is 3. The Morgan fingerprint density at radius 2 is 2.00 bits per heavy atom. The molecule has 2 fully saturated rings. The fourth-order valence-electron chi connectivity index (χ4n) is 5.16. The van der Waals surface area contributed by atoms with Crippen LogP contribution in [0.3, 0.4) is 0 Å². The second-order valence-electron chi connectivity index (χ2n) is 11.6. The van der Waals surface area contributed by atoms with Gasteiger partial charge in [-0.2, -0.15) is 10.4 Å². The van der Waals surface area contributed by atoms with E-state index < -0.39 is 17.7 Å². The first-order chi connectivity index (χ1) is 20.1. The number of nitrogens with zero attached hydrogens (tertiary/aromatic N) is 4. The third kappa shape index (κ3) is 6.86. The minimum Gasteiger partial charge on any atom is -0.457 e. The molecule has 3 aromatic rings. The lowest BCUT2D eigenvalue weighted by molar-refractivity contribution is -0.173. The van der Waals surface area contributed by atoms with Crippen molar-refractivity contribution in [3.05, 3.63) is 47.8 Å². The summed E-state index contributed by atoms with van der Waals surface area (Å²) in [7, 11) is 0. The highest BCUT2D eigenvalue weighted by Gasteiger charge is 2.29. The second kappa shape index (κ2) is 12.4. The van der Waals surface area contributed by atoms with Crippen LogP contribution in [0.1, 0.15) is 61.9 Å². The lowest BCUT2D eigenvalue weighted by atomic mass is 9.84. The smallest absolute Gasteiger partial charge is 0.306 e. The van der Waals surface area contributed by atoms with Crippen molar-refractivity contribution in [2.75, 3.05) is 25.1 Å². The third-order valence-corrected chi connectivity index (χ3v) is 7.82. The van der Waals surface area contributed by atoms with E-state index in [0.29, 0.717) is 42.3 Å². The first-order valence-corrected chi connectivity index (χ1v) is 14.2. The van der Waals surface area contributed by atoms with E-state index in [1.54, 1.807) is 16.6 Å². The molecule has 0 unspecified atom stereocenters. The zero-order valence-electron chi connectivity index (χ0n) is 23.7. The number of nitriles is 1. The summed E-state index contributed by atoms with van der Waals surface area (Å²) in [6, 6.07) is 9.29. The Bertz CT molecular complexity index is 1480. The Kier molecular flexibility index (Phi) is 8.70. The summed E-state index contributed by atoms with van der Waals surface area (Å²) in [5.74, 6) is -0.478. The number of nitrogens with one attached hydrogen (secondary N) is 2. The number of carbonyl (C=O) groups is 2. The molecule has 1 saturated carbocycles. The van der Waals surface area contributed by atoms with Gasteiger partial charge in [-0.15, -0.1) is 0 Å². The highest BCUT2D eigenvalue weighted by Crippen LogP contribution is 2.32. The molecule has 0 bridgehead atoms. The lowest BCUT2D eigenvalue weighted by Gasteiger charge is -2.31. The summed E-state index contributed by atoms with van der Waals surface area (Å²) >= 11 is 0. The molecule has 3 N–H and O–H groups in total. The summed E-state index contributed by atoms with van der Waals surface area (Å²) in [5, 5.41) is 29.6. The fraction of sp³-hybridized carbons (Fsp3) is 0.500. The lowest BCUT2D eigenvalue weighted by Crippen LogP contribution is -2.42. The van der Waals surface area contributed by atoms with Gasteiger partial charge < -0.3 is 25.2 Å². The molecule has 42 heavy (non-hydrogen) atoms. The molecule has 1 atom stereocenters. The van der Waals surface area contributed by atoms with Crippen LogP contribution in [0, 0.1) is 17.2 Å². The number of pyridine rings is 1. The highest BCUT2D eigenvalue weighted by molar-refractivity contribution is 6.00. The van der Waals surface area contributed by atoms with E-state index in [4.69, 9.17) is 9.47 Å². The molecule has 1 saturated heterocycles. The topological polar surface area (TPSA) is 151 Å². The van der Waals surface area contributed by atoms with Gasteiger partial charge in [0.05, 0.1) is 65.3 Å². The largest absolute Gasteiger partial charge is 0.457 e. The molecule has 1 aliphatic carbocycles. The number of alkyl halides is 1. The monoisotopic (exact) mass is 578 g/mol. The summed E-state index contributed by atoms with van der Waals surface area (Å²) in [6.45, 7) is 3.27. The number of anilines is 1. The van der Waals surface area contributed by atoms with E-state index in [2.05, 4.69) is 26.8 Å². The van der Waals surface area contributed by atoms with Crippen molar-refractivity contribution in [2.24, 2.45) is 5.92 Å². The number of ether oxygens (including phenoxy) is 2. The van der Waals surface area contributed by atoms with Gasteiger partial charge in [0.15, 0.2) is 0 Å². The molecule has 0 aromatic carbocycles. The predicted molar refractivity (Wildman–Crippen MR) is 151 cm³/mol. The van der Waals surface area contributed by atoms with E-state index >= 15 is 0 Å². The van der Waals surface area contributed by atoms with Crippen molar-refractivity contribution in [1.82, 2.24) is 19.9 Å². The van der Waals surface area contributed by atoms with Crippen molar-refractivity contribution in [2.45, 2.75) is 69.9 Å². The number of halogens is 1. The zero-order chi connectivity index (χ0) is 29.9. The average Bonchev–Trinajstić information content (AvgIpc) is 3.37. The van der Waals surface area contributed by atoms with Crippen LogP contribution < -0.4 is 10.6 Å². The van der Waals surface area contributed by atoms with Crippen molar-refractivity contribution in [3.63, 3.8) is 0 Å². The van der Waals surface area contributed by atoms with Gasteiger partial charge in [0.2, 0.25) is 0 Å². The van der Waals surface area contributed by atoms with Crippen LogP contribution in [0.4, 0.5) is 10.1 Å². The molecule has 11 nitrogen and oxygen atoms in total. The van der Waals surface area contributed by atoms with Crippen molar-refractivity contribution >= 4 is 23.1 Å². The minimum atomic E-state index is -1.65. The molecule has 1 aliphatic heterocycles. The third-order valence-electron chi connectivity index (χ3n) is 7.82. The van der Waals surface area contributed by atoms with E-state index in [9.17, 15) is 24.3 Å². The van der Waals surface area contributed by atoms with Gasteiger partial charge in [-0.25, -0.2) is 8.91 Å². The SMILES string of the molecule is CC(C)(O)[C@H](F)CNC(=O)c1cnc(-c2ccc3cc(C#N)cnn23)cc1NC1CCC(CC(=O)OC2COC2)CC1. The quantitative estimate of drug-likeness (QED) is 0.308. The Labute approximate surface area is 243 Å². The van der Waals surface area contributed by atoms with Gasteiger partial charge in [0, 0.05) is 18.7 Å². The van der Waals surface area contributed by atoms with Crippen LogP contribution >= 0.6 is 0 Å². The normalized spacial score (nSPS) is 19.9. The number of carbonyl (C=O) groups excluding carboxylic acids is 2. The van der Waals surface area contributed by atoms with Gasteiger partial charge in [-0.1, -0.05) is 0 Å². The zero-order valence-corrected chi connectivity index (χ0v) is 23.7. The Balaban J connectivity index is 1.32. The minimum absolute atomic E-state index is 0.0461. The first kappa shape index (κ1) is 29.4. The molecule has 12 heteroatoms. The predicted octanol–water partition coefficient (Wildman–Crippen LogP) is 3.41. The first-order valence-electron chi connectivity index (χ1n) is 14.2. The standard InChI is InChI=1S/C30H35FN6O5/c1-30(2,40)27(31)15-34-29(39)23-14-33-25(26-8-7-21-9-19(12-32)13-35-37(21)26)11-24(23)36-20-5-3-18(4-6-20)10-28(38)42-22-16-41-17-22/h7-9,11,13-14,18,20,22,27,40H,3-6,10,15-17H2,1-2H3,(H,33,36)(H,34,39)/t18?,20?,27-/m1/s1. The molecule has 3 aromatic heterocycles. The molecule has 1 amide bonds. The molecule has 0 spiro atoms. The average molecular weight is 579 g/mol. The van der Waals surface area contributed by atoms with Crippen LogP contribution in [0.15, 0.2) is 36.7 Å². The van der Waals surface area contributed by atoms with Gasteiger partial charge in [0.25, 0.3) is 5.91 Å². The maximum atomic E-state index is 14.4. The number of hydrogen-bond acceptors (Lipinski definition) is 9. The highest BCUT2D eigenvalue weighted by atomic mass is 19.1. The molecule has 222 valence electrons. The van der Waals surface area contributed by atoms with Gasteiger partial charge >= 0.3 is 5.97 Å². The molecular weight excluding hydrogens is 543 g/mol. The number of esters is 1. The second-order valence-corrected chi connectivity index (χ2v) is 11.6. The van der Waals surface area contributed by atoms with Crippen LogP contribution in [-0.2, 0) is 14.3 Å². The summed E-state index contributed by atoms with van der Waals surface area (Å²) < 4.78 is 26.5. The summed E-state index contributed by atoms with van der Waals surface area (Å²) in [4.78, 5) is 29.9. The number of rotatable bonds is 10. The van der Waals surface area contributed by atoms with Crippen molar-refractivity contribution in [1.29, 1.82) is 5.26 Å². The van der Waals surface area contributed by atoms with Gasteiger partial charge in [-0.3, -0.25) is 14.6 Å². The molecule has 5 rings (SSSR count). The van der Waals surface area contributed by atoms with Gasteiger partial charge in [-0.05, 0) is 69.7 Å².